The Labute approximate surface area is 69.6 Å². The minimum absolute atomic E-state index is 0.284. The lowest BCUT2D eigenvalue weighted by Crippen LogP contribution is -2.10. The summed E-state index contributed by atoms with van der Waals surface area (Å²) < 4.78 is 5.24. The molecule has 0 aliphatic carbocycles. The predicted octanol–water partition coefficient (Wildman–Crippen LogP) is 1.96. The van der Waals surface area contributed by atoms with Gasteiger partial charge in [0.05, 0.1) is 6.10 Å². The fraction of sp³-hybridized carbons (Fsp3) is 1.00. The van der Waals surface area contributed by atoms with Gasteiger partial charge in [-0.3, -0.25) is 0 Å². The molecule has 0 aromatic rings. The molecule has 0 saturated carbocycles. The molecule has 0 heterocycles. The monoisotopic (exact) mass is 160 g/mol. The van der Waals surface area contributed by atoms with Crippen LogP contribution in [0.2, 0.25) is 0 Å². The van der Waals surface area contributed by atoms with Gasteiger partial charge in [0.15, 0.2) is 0 Å². The summed E-state index contributed by atoms with van der Waals surface area (Å²) >= 11 is 0. The van der Waals surface area contributed by atoms with Gasteiger partial charge in [-0.1, -0.05) is 19.8 Å². The van der Waals surface area contributed by atoms with Crippen molar-refractivity contribution < 1.29 is 9.84 Å². The molecule has 2 heteroatoms. The lowest BCUT2D eigenvalue weighted by Gasteiger charge is -2.13. The molecule has 1 atom stereocenters. The largest absolute Gasteiger partial charge is 0.396 e. The maximum Gasteiger partial charge on any atom is 0.0572 e. The van der Waals surface area contributed by atoms with Gasteiger partial charge >= 0.3 is 0 Å². The highest BCUT2D eigenvalue weighted by Gasteiger charge is 2.04. The fourth-order valence-electron chi connectivity index (χ4n) is 1.13. The van der Waals surface area contributed by atoms with E-state index in [9.17, 15) is 0 Å². The van der Waals surface area contributed by atoms with Crippen molar-refractivity contribution in [3.63, 3.8) is 0 Å². The van der Waals surface area contributed by atoms with Crippen LogP contribution in [-0.2, 0) is 4.74 Å². The summed E-state index contributed by atoms with van der Waals surface area (Å²) in [5.41, 5.74) is 0. The quantitative estimate of drug-likeness (QED) is 0.617. The molecule has 0 amide bonds. The van der Waals surface area contributed by atoms with Crippen molar-refractivity contribution in [2.45, 2.75) is 45.1 Å². The van der Waals surface area contributed by atoms with Crippen LogP contribution in [0.3, 0.4) is 0 Å². The van der Waals surface area contributed by atoms with Crippen LogP contribution in [0.15, 0.2) is 0 Å². The summed E-state index contributed by atoms with van der Waals surface area (Å²) in [6.45, 7) is 2.46. The number of ether oxygens (including phenoxy) is 1. The van der Waals surface area contributed by atoms with Gasteiger partial charge in [-0.15, -0.1) is 0 Å². The summed E-state index contributed by atoms with van der Waals surface area (Å²) in [4.78, 5) is 0. The van der Waals surface area contributed by atoms with Crippen molar-refractivity contribution in [3.8, 4) is 0 Å². The number of hydrogen-bond donors (Lipinski definition) is 1. The minimum atomic E-state index is 0.284. The van der Waals surface area contributed by atoms with Crippen LogP contribution >= 0.6 is 0 Å². The van der Waals surface area contributed by atoms with Gasteiger partial charge in [0.25, 0.3) is 0 Å². The van der Waals surface area contributed by atoms with E-state index < -0.39 is 0 Å². The fourth-order valence-corrected chi connectivity index (χ4v) is 1.13. The van der Waals surface area contributed by atoms with Crippen LogP contribution in [0.1, 0.15) is 39.0 Å². The summed E-state index contributed by atoms with van der Waals surface area (Å²) in [6.07, 6.45) is 5.80. The molecule has 0 bridgehead atoms. The molecule has 68 valence electrons. The van der Waals surface area contributed by atoms with Gasteiger partial charge in [0.1, 0.15) is 0 Å². The molecule has 0 spiro atoms. The van der Waals surface area contributed by atoms with Crippen LogP contribution in [0.4, 0.5) is 0 Å². The van der Waals surface area contributed by atoms with Crippen molar-refractivity contribution in [1.29, 1.82) is 0 Å². The van der Waals surface area contributed by atoms with Gasteiger partial charge < -0.3 is 9.84 Å². The van der Waals surface area contributed by atoms with Crippen LogP contribution in [0, 0.1) is 0 Å². The molecule has 1 N–H and O–H groups in total. The van der Waals surface area contributed by atoms with Gasteiger partial charge in [0.2, 0.25) is 0 Å². The molecule has 0 unspecified atom stereocenters. The Morgan fingerprint density at radius 2 is 1.91 bits per heavy atom. The molecule has 0 fully saturated rings. The Morgan fingerprint density at radius 3 is 2.36 bits per heavy atom. The molecule has 2 nitrogen and oxygen atoms in total. The number of aliphatic hydroxyl groups is 1. The van der Waals surface area contributed by atoms with Crippen molar-refractivity contribution in [3.05, 3.63) is 0 Å². The molecular formula is C9H20O2. The number of aliphatic hydroxyl groups excluding tert-OH is 1. The number of hydrogen-bond acceptors (Lipinski definition) is 2. The second kappa shape index (κ2) is 8.02. The molecule has 0 radical (unpaired) electrons. The van der Waals surface area contributed by atoms with Crippen LogP contribution in [0.5, 0.6) is 0 Å². The standard InChI is InChI=1S/C9H20O2/c1-3-4-6-9(11-2)7-5-8-10/h9-10H,3-8H2,1-2H3/t9-/m1/s1. The first-order valence-electron chi connectivity index (χ1n) is 4.48. The molecule has 11 heavy (non-hydrogen) atoms. The topological polar surface area (TPSA) is 29.5 Å². The van der Waals surface area contributed by atoms with E-state index in [4.69, 9.17) is 9.84 Å². The molecule has 0 aliphatic heterocycles. The Morgan fingerprint density at radius 1 is 1.27 bits per heavy atom. The molecule has 0 saturated heterocycles. The Bertz CT molecular complexity index is 66.0. The normalized spacial score (nSPS) is 13.4. The zero-order chi connectivity index (χ0) is 8.53. The lowest BCUT2D eigenvalue weighted by atomic mass is 10.1. The van der Waals surface area contributed by atoms with E-state index in [0.29, 0.717) is 6.10 Å². The zero-order valence-corrected chi connectivity index (χ0v) is 7.68. The Kier molecular flexibility index (Phi) is 7.96. The van der Waals surface area contributed by atoms with Crippen LogP contribution < -0.4 is 0 Å². The van der Waals surface area contributed by atoms with Gasteiger partial charge in [-0.05, 0) is 19.3 Å². The molecule has 0 aromatic carbocycles. The number of rotatable bonds is 7. The maximum atomic E-state index is 8.58. The van der Waals surface area contributed by atoms with E-state index in [1.54, 1.807) is 7.11 Å². The maximum absolute atomic E-state index is 8.58. The van der Waals surface area contributed by atoms with E-state index in [2.05, 4.69) is 6.92 Å². The van der Waals surface area contributed by atoms with E-state index >= 15 is 0 Å². The van der Waals surface area contributed by atoms with Crippen LogP contribution in [-0.4, -0.2) is 24.9 Å². The zero-order valence-electron chi connectivity index (χ0n) is 7.68. The first-order chi connectivity index (χ1) is 5.35. The van der Waals surface area contributed by atoms with E-state index in [1.807, 2.05) is 0 Å². The predicted molar refractivity (Wildman–Crippen MR) is 46.6 cm³/mol. The highest BCUT2D eigenvalue weighted by atomic mass is 16.5. The van der Waals surface area contributed by atoms with E-state index in [0.717, 1.165) is 19.3 Å². The smallest absolute Gasteiger partial charge is 0.0572 e. The summed E-state index contributed by atoms with van der Waals surface area (Å²) in [5.74, 6) is 0. The minimum Gasteiger partial charge on any atom is -0.396 e. The summed E-state index contributed by atoms with van der Waals surface area (Å²) in [7, 11) is 1.75. The molecule has 0 aromatic heterocycles. The third-order valence-corrected chi connectivity index (χ3v) is 1.90. The van der Waals surface area contributed by atoms with Crippen LogP contribution in [0.25, 0.3) is 0 Å². The Hall–Kier alpha value is -0.0800. The van der Waals surface area contributed by atoms with Crippen molar-refractivity contribution in [1.82, 2.24) is 0 Å². The van der Waals surface area contributed by atoms with Crippen molar-refractivity contribution >= 4 is 0 Å². The highest BCUT2D eigenvalue weighted by Crippen LogP contribution is 2.09. The first-order valence-corrected chi connectivity index (χ1v) is 4.48. The average molecular weight is 160 g/mol. The second-order valence-corrected chi connectivity index (χ2v) is 2.87. The lowest BCUT2D eigenvalue weighted by molar-refractivity contribution is 0.0792. The van der Waals surface area contributed by atoms with E-state index in [1.165, 1.54) is 12.8 Å². The van der Waals surface area contributed by atoms with Crippen molar-refractivity contribution in [2.75, 3.05) is 13.7 Å². The van der Waals surface area contributed by atoms with Gasteiger partial charge in [-0.2, -0.15) is 0 Å². The summed E-state index contributed by atoms with van der Waals surface area (Å²) in [6, 6.07) is 0. The average Bonchev–Trinajstić information content (AvgIpc) is 2.05. The number of unbranched alkanes of at least 4 members (excludes halogenated alkanes) is 1. The molecular weight excluding hydrogens is 140 g/mol. The van der Waals surface area contributed by atoms with Gasteiger partial charge in [0, 0.05) is 13.7 Å². The van der Waals surface area contributed by atoms with Crippen molar-refractivity contribution in [2.24, 2.45) is 0 Å². The third kappa shape index (κ3) is 6.32. The van der Waals surface area contributed by atoms with E-state index in [-0.39, 0.29) is 6.61 Å². The second-order valence-electron chi connectivity index (χ2n) is 2.87. The summed E-state index contributed by atoms with van der Waals surface area (Å²) in [5, 5.41) is 8.58. The third-order valence-electron chi connectivity index (χ3n) is 1.90. The first kappa shape index (κ1) is 10.9. The SMILES string of the molecule is CCCC[C@H](CCCO)OC. The molecule has 0 rings (SSSR count). The Balaban J connectivity index is 3.25. The molecule has 0 aliphatic rings. The van der Waals surface area contributed by atoms with Gasteiger partial charge in [-0.25, -0.2) is 0 Å². The number of methoxy groups -OCH3 is 1. The highest BCUT2D eigenvalue weighted by molar-refractivity contribution is 4.56.